The summed E-state index contributed by atoms with van der Waals surface area (Å²) in [4.78, 5) is 12.5. The van der Waals surface area contributed by atoms with Crippen molar-refractivity contribution in [3.05, 3.63) is 64.2 Å². The van der Waals surface area contributed by atoms with Gasteiger partial charge in [-0.1, -0.05) is 31.9 Å². The summed E-state index contributed by atoms with van der Waals surface area (Å²) in [5.74, 6) is 0.193. The minimum Gasteiger partial charge on any atom is -0.326 e. The molecule has 0 saturated heterocycles. The molecule has 172 valence electrons. The average molecular weight is 445 g/mol. The van der Waals surface area contributed by atoms with Crippen LogP contribution >= 0.6 is 0 Å². The number of anilines is 1. The zero-order valence-corrected chi connectivity index (χ0v) is 18.9. The number of aryl methyl sites for hydroxylation is 2. The second-order valence-electron chi connectivity index (χ2n) is 8.88. The SMILES string of the molecule is CCC(C(=N)c1cc(C)c(NC(=O)CC2CCCC2)c(C)c1)c1ccc(C(F)(F)F)cc1. The van der Waals surface area contributed by atoms with Gasteiger partial charge >= 0.3 is 6.18 Å². The molecule has 2 N–H and O–H groups in total. The first kappa shape index (κ1) is 24.0. The Morgan fingerprint density at radius 2 is 1.66 bits per heavy atom. The van der Waals surface area contributed by atoms with Gasteiger partial charge in [0.15, 0.2) is 0 Å². The molecule has 1 aliphatic rings. The molecule has 1 unspecified atom stereocenters. The molecule has 0 radical (unpaired) electrons. The smallest absolute Gasteiger partial charge is 0.326 e. The van der Waals surface area contributed by atoms with Crippen molar-refractivity contribution in [1.82, 2.24) is 0 Å². The van der Waals surface area contributed by atoms with Crippen LogP contribution in [0.5, 0.6) is 0 Å². The first-order valence-corrected chi connectivity index (χ1v) is 11.3. The van der Waals surface area contributed by atoms with E-state index in [0.717, 1.165) is 47.4 Å². The lowest BCUT2D eigenvalue weighted by Gasteiger charge is -2.20. The number of hydrogen-bond donors (Lipinski definition) is 2. The van der Waals surface area contributed by atoms with Crippen molar-refractivity contribution < 1.29 is 18.0 Å². The quantitative estimate of drug-likeness (QED) is 0.430. The maximum absolute atomic E-state index is 12.9. The van der Waals surface area contributed by atoms with E-state index < -0.39 is 11.7 Å². The van der Waals surface area contributed by atoms with Crippen molar-refractivity contribution in [2.75, 3.05) is 5.32 Å². The summed E-state index contributed by atoms with van der Waals surface area (Å²) in [7, 11) is 0. The molecule has 32 heavy (non-hydrogen) atoms. The number of rotatable bonds is 7. The van der Waals surface area contributed by atoms with E-state index in [1.165, 1.54) is 25.0 Å². The molecule has 1 atom stereocenters. The van der Waals surface area contributed by atoms with Crippen LogP contribution in [0, 0.1) is 25.2 Å². The number of halogens is 3. The zero-order chi connectivity index (χ0) is 23.5. The van der Waals surface area contributed by atoms with Crippen molar-refractivity contribution in [3.63, 3.8) is 0 Å². The Kier molecular flexibility index (Phi) is 7.42. The molecule has 1 saturated carbocycles. The molecular formula is C26H31F3N2O. The highest BCUT2D eigenvalue weighted by Crippen LogP contribution is 2.33. The predicted octanol–water partition coefficient (Wildman–Crippen LogP) is 7.40. The number of carbonyl (C=O) groups excluding carboxylic acids is 1. The third-order valence-corrected chi connectivity index (χ3v) is 6.45. The van der Waals surface area contributed by atoms with Gasteiger partial charge in [0.05, 0.1) is 5.56 Å². The third-order valence-electron chi connectivity index (χ3n) is 6.45. The maximum Gasteiger partial charge on any atom is 0.416 e. The van der Waals surface area contributed by atoms with Crippen LogP contribution in [0.4, 0.5) is 18.9 Å². The van der Waals surface area contributed by atoms with E-state index in [4.69, 9.17) is 5.41 Å². The van der Waals surface area contributed by atoms with Gasteiger partial charge in [-0.25, -0.2) is 0 Å². The topological polar surface area (TPSA) is 53.0 Å². The number of nitrogens with one attached hydrogen (secondary N) is 2. The van der Waals surface area contributed by atoms with Crippen LogP contribution in [0.1, 0.15) is 79.2 Å². The molecule has 0 bridgehead atoms. The summed E-state index contributed by atoms with van der Waals surface area (Å²) in [6, 6.07) is 8.84. The minimum absolute atomic E-state index is 0.0297. The van der Waals surface area contributed by atoms with Crippen molar-refractivity contribution in [2.45, 2.75) is 71.4 Å². The van der Waals surface area contributed by atoms with Crippen molar-refractivity contribution >= 4 is 17.3 Å². The lowest BCUT2D eigenvalue weighted by atomic mass is 9.86. The monoisotopic (exact) mass is 444 g/mol. The fraction of sp³-hybridized carbons (Fsp3) is 0.462. The van der Waals surface area contributed by atoms with Crippen LogP contribution < -0.4 is 5.32 Å². The molecule has 1 aliphatic carbocycles. The van der Waals surface area contributed by atoms with Gasteiger partial charge < -0.3 is 10.7 Å². The predicted molar refractivity (Wildman–Crippen MR) is 122 cm³/mol. The first-order chi connectivity index (χ1) is 15.1. The van der Waals surface area contributed by atoms with Gasteiger partial charge in [0, 0.05) is 23.7 Å². The molecule has 3 rings (SSSR count). The second-order valence-corrected chi connectivity index (χ2v) is 8.88. The number of alkyl halides is 3. The Morgan fingerprint density at radius 3 is 2.16 bits per heavy atom. The molecule has 1 fully saturated rings. The molecule has 3 nitrogen and oxygen atoms in total. The number of amides is 1. The van der Waals surface area contributed by atoms with Crippen LogP contribution in [0.25, 0.3) is 0 Å². The van der Waals surface area contributed by atoms with Gasteiger partial charge in [0.2, 0.25) is 5.91 Å². The fourth-order valence-corrected chi connectivity index (χ4v) is 4.70. The molecule has 2 aromatic carbocycles. The normalized spacial score (nSPS) is 15.6. The zero-order valence-electron chi connectivity index (χ0n) is 18.9. The number of benzene rings is 2. The summed E-state index contributed by atoms with van der Waals surface area (Å²) in [6.45, 7) is 5.75. The Hall–Kier alpha value is -2.63. The van der Waals surface area contributed by atoms with Crippen LogP contribution in [-0.4, -0.2) is 11.6 Å². The Bertz CT molecular complexity index is 951. The Morgan fingerprint density at radius 1 is 1.09 bits per heavy atom. The molecular weight excluding hydrogens is 413 g/mol. The van der Waals surface area contributed by atoms with Crippen LogP contribution in [0.2, 0.25) is 0 Å². The Balaban J connectivity index is 1.77. The maximum atomic E-state index is 12.9. The molecule has 0 aliphatic heterocycles. The summed E-state index contributed by atoms with van der Waals surface area (Å²) in [5.41, 5.74) is 3.63. The summed E-state index contributed by atoms with van der Waals surface area (Å²) in [6.07, 6.45) is 1.40. The van der Waals surface area contributed by atoms with E-state index in [-0.39, 0.29) is 11.8 Å². The summed E-state index contributed by atoms with van der Waals surface area (Å²) in [5, 5.41) is 11.8. The van der Waals surface area contributed by atoms with Gasteiger partial charge in [0.1, 0.15) is 0 Å². The highest BCUT2D eigenvalue weighted by Gasteiger charge is 2.30. The van der Waals surface area contributed by atoms with Crippen LogP contribution in [0.3, 0.4) is 0 Å². The van der Waals surface area contributed by atoms with E-state index in [2.05, 4.69) is 5.32 Å². The number of carbonyl (C=O) groups is 1. The van der Waals surface area contributed by atoms with E-state index in [0.29, 0.717) is 30.0 Å². The lowest BCUT2D eigenvalue weighted by molar-refractivity contribution is -0.137. The highest BCUT2D eigenvalue weighted by atomic mass is 19.4. The van der Waals surface area contributed by atoms with Crippen LogP contribution in [-0.2, 0) is 11.0 Å². The second kappa shape index (κ2) is 9.88. The highest BCUT2D eigenvalue weighted by molar-refractivity contribution is 6.04. The molecule has 2 aromatic rings. The largest absolute Gasteiger partial charge is 0.416 e. The van der Waals surface area contributed by atoms with Crippen molar-refractivity contribution in [2.24, 2.45) is 5.92 Å². The summed E-state index contributed by atoms with van der Waals surface area (Å²) >= 11 is 0. The van der Waals surface area contributed by atoms with Crippen LogP contribution in [0.15, 0.2) is 36.4 Å². The molecule has 0 spiro atoms. The van der Waals surface area contributed by atoms with Gasteiger partial charge in [0.25, 0.3) is 0 Å². The molecule has 0 heterocycles. The van der Waals surface area contributed by atoms with Crippen molar-refractivity contribution in [1.29, 1.82) is 5.41 Å². The van der Waals surface area contributed by atoms with Gasteiger partial charge in [-0.3, -0.25) is 4.79 Å². The number of hydrogen-bond acceptors (Lipinski definition) is 2. The van der Waals surface area contributed by atoms with E-state index >= 15 is 0 Å². The fourth-order valence-electron chi connectivity index (χ4n) is 4.70. The van der Waals surface area contributed by atoms with Gasteiger partial charge in [-0.05, 0) is 85.5 Å². The first-order valence-electron chi connectivity index (χ1n) is 11.3. The van der Waals surface area contributed by atoms with Crippen molar-refractivity contribution in [3.8, 4) is 0 Å². The average Bonchev–Trinajstić information content (AvgIpc) is 3.23. The minimum atomic E-state index is -4.37. The van der Waals surface area contributed by atoms with E-state index in [9.17, 15) is 18.0 Å². The molecule has 6 heteroatoms. The third kappa shape index (κ3) is 5.59. The lowest BCUT2D eigenvalue weighted by Crippen LogP contribution is -2.18. The van der Waals surface area contributed by atoms with E-state index in [1.54, 1.807) is 0 Å². The van der Waals surface area contributed by atoms with Gasteiger partial charge in [-0.2, -0.15) is 13.2 Å². The van der Waals surface area contributed by atoms with E-state index in [1.807, 2.05) is 32.9 Å². The Labute approximate surface area is 187 Å². The van der Waals surface area contributed by atoms with Gasteiger partial charge in [-0.15, -0.1) is 0 Å². The molecule has 1 amide bonds. The standard InChI is InChI=1S/C26H31F3N2O/c1-4-22(19-9-11-21(12-10-19)26(27,28)29)24(30)20-13-16(2)25(17(3)14-20)31-23(32)15-18-7-5-6-8-18/h9-14,18,22,30H,4-8,15H2,1-3H3,(H,31,32). The summed E-state index contributed by atoms with van der Waals surface area (Å²) < 4.78 is 38.7. The molecule has 0 aromatic heterocycles.